The van der Waals surface area contributed by atoms with E-state index in [1.54, 1.807) is 13.8 Å². The SMILES string of the molecule is CCOC(=O)C1(C(=O)OCC)N[C@@H](C)C(C)(C)c2[nH]c3cc(Br)ccc3c21. The molecule has 1 aliphatic heterocycles. The number of hydrogen-bond acceptors (Lipinski definition) is 5. The molecule has 0 spiro atoms. The van der Waals surface area contributed by atoms with Crippen molar-refractivity contribution in [3.8, 4) is 0 Å². The summed E-state index contributed by atoms with van der Waals surface area (Å²) in [4.78, 5) is 29.8. The molecule has 0 bridgehead atoms. The van der Waals surface area contributed by atoms with Crippen LogP contribution in [-0.4, -0.2) is 36.2 Å². The number of benzene rings is 1. The van der Waals surface area contributed by atoms with Crippen molar-refractivity contribution in [3.05, 3.63) is 33.9 Å². The molecule has 6 nitrogen and oxygen atoms in total. The van der Waals surface area contributed by atoms with Crippen LogP contribution in [0.4, 0.5) is 0 Å². The summed E-state index contributed by atoms with van der Waals surface area (Å²) in [6.07, 6.45) is 0. The molecule has 0 unspecified atom stereocenters. The van der Waals surface area contributed by atoms with E-state index < -0.39 is 17.5 Å². The zero-order valence-electron chi connectivity index (χ0n) is 16.2. The van der Waals surface area contributed by atoms with Crippen molar-refractivity contribution < 1.29 is 19.1 Å². The van der Waals surface area contributed by atoms with Crippen LogP contribution in [0.1, 0.15) is 45.9 Å². The zero-order valence-corrected chi connectivity index (χ0v) is 17.8. The lowest BCUT2D eigenvalue weighted by molar-refractivity contribution is -0.168. The Bertz CT molecular complexity index is 885. The minimum Gasteiger partial charge on any atom is -0.464 e. The molecule has 2 N–H and O–H groups in total. The van der Waals surface area contributed by atoms with Crippen LogP contribution in [0.2, 0.25) is 0 Å². The van der Waals surface area contributed by atoms with E-state index in [0.29, 0.717) is 5.56 Å². The number of ether oxygens (including phenoxy) is 2. The third-order valence-corrected chi connectivity index (χ3v) is 5.95. The number of fused-ring (bicyclic) bond motifs is 3. The lowest BCUT2D eigenvalue weighted by Gasteiger charge is -2.45. The van der Waals surface area contributed by atoms with Gasteiger partial charge in [-0.25, -0.2) is 9.59 Å². The fourth-order valence-electron chi connectivity index (χ4n) is 3.72. The van der Waals surface area contributed by atoms with Gasteiger partial charge in [0.05, 0.1) is 13.2 Å². The molecule has 146 valence electrons. The molecule has 0 radical (unpaired) electrons. The molecule has 0 amide bonds. The standard InChI is InChI=1S/C20H25BrN2O4/c1-6-26-17(24)20(18(25)27-7-2)15-13-9-8-12(21)10-14(13)22-16(15)19(4,5)11(3)23-20/h8-11,22-23H,6-7H2,1-5H3/t11-/m0/s1. The molecule has 7 heteroatoms. The Morgan fingerprint density at radius 2 is 1.74 bits per heavy atom. The van der Waals surface area contributed by atoms with Crippen LogP contribution in [0, 0.1) is 0 Å². The van der Waals surface area contributed by atoms with Crippen LogP contribution in [0.5, 0.6) is 0 Å². The number of halogens is 1. The average molecular weight is 437 g/mol. The Morgan fingerprint density at radius 1 is 1.15 bits per heavy atom. The van der Waals surface area contributed by atoms with Crippen LogP contribution < -0.4 is 5.32 Å². The van der Waals surface area contributed by atoms with Crippen molar-refractivity contribution in [1.82, 2.24) is 10.3 Å². The van der Waals surface area contributed by atoms with Gasteiger partial charge in [0, 0.05) is 38.1 Å². The average Bonchev–Trinajstić information content (AvgIpc) is 2.98. The number of hydrogen-bond donors (Lipinski definition) is 2. The van der Waals surface area contributed by atoms with Crippen molar-refractivity contribution in [1.29, 1.82) is 0 Å². The first-order chi connectivity index (χ1) is 12.7. The summed E-state index contributed by atoms with van der Waals surface area (Å²) in [6.45, 7) is 9.89. The minimum atomic E-state index is -1.71. The second kappa shape index (κ2) is 6.95. The fraction of sp³-hybridized carbons (Fsp3) is 0.500. The first kappa shape index (κ1) is 19.9. The van der Waals surface area contributed by atoms with E-state index in [1.165, 1.54) is 0 Å². The molecule has 2 aromatic rings. The number of esters is 2. The van der Waals surface area contributed by atoms with Gasteiger partial charge in [0.2, 0.25) is 5.54 Å². The van der Waals surface area contributed by atoms with Gasteiger partial charge in [-0.05, 0) is 32.9 Å². The minimum absolute atomic E-state index is 0.169. The molecule has 1 aromatic carbocycles. The van der Waals surface area contributed by atoms with Crippen molar-refractivity contribution in [2.45, 2.75) is 51.6 Å². The summed E-state index contributed by atoms with van der Waals surface area (Å²) in [7, 11) is 0. The second-order valence-corrected chi connectivity index (χ2v) is 8.26. The van der Waals surface area contributed by atoms with Crippen molar-refractivity contribution in [3.63, 3.8) is 0 Å². The first-order valence-corrected chi connectivity index (χ1v) is 9.93. The zero-order chi connectivity index (χ0) is 20.0. The first-order valence-electron chi connectivity index (χ1n) is 9.14. The molecule has 0 saturated heterocycles. The molecule has 1 atom stereocenters. The Hall–Kier alpha value is -1.86. The van der Waals surface area contributed by atoms with E-state index in [4.69, 9.17) is 9.47 Å². The quantitative estimate of drug-likeness (QED) is 0.565. The van der Waals surface area contributed by atoms with E-state index in [2.05, 4.69) is 40.1 Å². The van der Waals surface area contributed by atoms with Gasteiger partial charge in [0.15, 0.2) is 0 Å². The highest BCUT2D eigenvalue weighted by Crippen LogP contribution is 2.46. The highest BCUT2D eigenvalue weighted by atomic mass is 79.9. The van der Waals surface area contributed by atoms with Gasteiger partial charge >= 0.3 is 11.9 Å². The summed E-state index contributed by atoms with van der Waals surface area (Å²) in [6, 6.07) is 5.54. The predicted molar refractivity (Wildman–Crippen MR) is 107 cm³/mol. The molecular formula is C20H25BrN2O4. The fourth-order valence-corrected chi connectivity index (χ4v) is 4.08. The summed E-state index contributed by atoms with van der Waals surface area (Å²) < 4.78 is 11.6. The largest absolute Gasteiger partial charge is 0.464 e. The van der Waals surface area contributed by atoms with E-state index >= 15 is 0 Å². The monoisotopic (exact) mass is 436 g/mol. The van der Waals surface area contributed by atoms with Crippen LogP contribution in [-0.2, 0) is 30.0 Å². The van der Waals surface area contributed by atoms with Crippen molar-refractivity contribution in [2.24, 2.45) is 0 Å². The second-order valence-electron chi connectivity index (χ2n) is 7.34. The molecule has 2 heterocycles. The van der Waals surface area contributed by atoms with Crippen LogP contribution in [0.25, 0.3) is 10.9 Å². The van der Waals surface area contributed by atoms with Gasteiger partial charge in [-0.3, -0.25) is 5.32 Å². The van der Waals surface area contributed by atoms with Gasteiger partial charge in [0.25, 0.3) is 0 Å². The predicted octanol–water partition coefficient (Wildman–Crippen LogP) is 3.52. The van der Waals surface area contributed by atoms with Gasteiger partial charge in [-0.1, -0.05) is 35.8 Å². The van der Waals surface area contributed by atoms with Crippen LogP contribution in [0.15, 0.2) is 22.7 Å². The third kappa shape index (κ3) is 2.88. The maximum absolute atomic E-state index is 13.2. The Balaban J connectivity index is 2.40. The molecule has 27 heavy (non-hydrogen) atoms. The number of rotatable bonds is 4. The van der Waals surface area contributed by atoms with Crippen LogP contribution >= 0.6 is 15.9 Å². The number of aromatic amines is 1. The Kier molecular flexibility index (Phi) is 5.12. The van der Waals surface area contributed by atoms with E-state index in [0.717, 1.165) is 21.1 Å². The highest BCUT2D eigenvalue weighted by Gasteiger charge is 2.59. The number of aromatic nitrogens is 1. The third-order valence-electron chi connectivity index (χ3n) is 5.46. The van der Waals surface area contributed by atoms with Gasteiger partial charge in [0.1, 0.15) is 0 Å². The van der Waals surface area contributed by atoms with E-state index in [1.807, 2.05) is 25.1 Å². The lowest BCUT2D eigenvalue weighted by atomic mass is 9.70. The van der Waals surface area contributed by atoms with Crippen molar-refractivity contribution in [2.75, 3.05) is 13.2 Å². The smallest absolute Gasteiger partial charge is 0.342 e. The Labute approximate surface area is 167 Å². The number of nitrogens with one attached hydrogen (secondary N) is 2. The lowest BCUT2D eigenvalue weighted by Crippen LogP contribution is -2.66. The number of H-pyrrole nitrogens is 1. The maximum Gasteiger partial charge on any atom is 0.342 e. The topological polar surface area (TPSA) is 80.4 Å². The molecular weight excluding hydrogens is 412 g/mol. The van der Waals surface area contributed by atoms with Gasteiger partial charge < -0.3 is 14.5 Å². The van der Waals surface area contributed by atoms with Crippen LogP contribution in [0.3, 0.4) is 0 Å². The Morgan fingerprint density at radius 3 is 2.30 bits per heavy atom. The summed E-state index contributed by atoms with van der Waals surface area (Å²) >= 11 is 3.48. The van der Waals surface area contributed by atoms with Gasteiger partial charge in [-0.2, -0.15) is 0 Å². The highest BCUT2D eigenvalue weighted by molar-refractivity contribution is 9.10. The summed E-state index contributed by atoms with van der Waals surface area (Å²) in [5, 5.41) is 4.05. The van der Waals surface area contributed by atoms with Gasteiger partial charge in [-0.15, -0.1) is 0 Å². The molecule has 0 saturated carbocycles. The molecule has 1 aliphatic rings. The molecule has 0 aliphatic carbocycles. The van der Waals surface area contributed by atoms with E-state index in [-0.39, 0.29) is 24.7 Å². The van der Waals surface area contributed by atoms with E-state index in [9.17, 15) is 9.59 Å². The van der Waals surface area contributed by atoms with Crippen molar-refractivity contribution >= 4 is 38.8 Å². The summed E-state index contributed by atoms with van der Waals surface area (Å²) in [5.41, 5.74) is 0.218. The summed E-state index contributed by atoms with van der Waals surface area (Å²) in [5.74, 6) is -1.29. The molecule has 1 aromatic heterocycles. The molecule has 0 fully saturated rings. The number of carbonyl (C=O) groups is 2. The number of carbonyl (C=O) groups excluding carboxylic acids is 2. The normalized spacial score (nSPS) is 20.1. The maximum atomic E-state index is 13.2. The molecule has 3 rings (SSSR count).